The fourth-order valence-electron chi connectivity index (χ4n) is 1.81. The third-order valence-electron chi connectivity index (χ3n) is 2.88. The highest BCUT2D eigenvalue weighted by molar-refractivity contribution is 5.68. The molecule has 0 radical (unpaired) electrons. The van der Waals surface area contributed by atoms with Crippen LogP contribution in [0, 0.1) is 10.1 Å². The summed E-state index contributed by atoms with van der Waals surface area (Å²) < 4.78 is 0. The first-order chi connectivity index (χ1) is 9.11. The van der Waals surface area contributed by atoms with E-state index in [1.807, 2.05) is 4.90 Å². The average Bonchev–Trinajstić information content (AvgIpc) is 2.38. The zero-order valence-corrected chi connectivity index (χ0v) is 11.5. The highest BCUT2D eigenvalue weighted by Crippen LogP contribution is 2.30. The van der Waals surface area contributed by atoms with E-state index in [9.17, 15) is 10.1 Å². The van der Waals surface area contributed by atoms with Crippen molar-refractivity contribution in [3.05, 3.63) is 16.4 Å². The van der Waals surface area contributed by atoms with Crippen molar-refractivity contribution in [2.45, 2.75) is 39.5 Å². The lowest BCUT2D eigenvalue weighted by atomic mass is 10.2. The van der Waals surface area contributed by atoms with Gasteiger partial charge >= 0.3 is 5.69 Å². The first kappa shape index (κ1) is 15.1. The second-order valence-corrected chi connectivity index (χ2v) is 4.38. The Bertz CT molecular complexity index is 417. The number of nitro groups is 1. The SMILES string of the molecule is CCCCN(CCCC)c1ncnc(N)c1[N+](=O)[O-]. The predicted molar refractivity (Wildman–Crippen MR) is 75.1 cm³/mol. The molecular formula is C12H21N5O2. The zero-order chi connectivity index (χ0) is 14.3. The van der Waals surface area contributed by atoms with Gasteiger partial charge in [0, 0.05) is 13.1 Å². The molecule has 0 aliphatic heterocycles. The van der Waals surface area contributed by atoms with Crippen molar-refractivity contribution in [3.63, 3.8) is 0 Å². The molecule has 1 rings (SSSR count). The fourth-order valence-corrected chi connectivity index (χ4v) is 1.81. The second-order valence-electron chi connectivity index (χ2n) is 4.38. The summed E-state index contributed by atoms with van der Waals surface area (Å²) in [7, 11) is 0. The van der Waals surface area contributed by atoms with Crippen molar-refractivity contribution in [1.29, 1.82) is 0 Å². The molecule has 0 bridgehead atoms. The number of nitrogen functional groups attached to an aromatic ring is 1. The van der Waals surface area contributed by atoms with Crippen LogP contribution in [-0.4, -0.2) is 28.0 Å². The quantitative estimate of drug-likeness (QED) is 0.573. The minimum absolute atomic E-state index is 0.0759. The highest BCUT2D eigenvalue weighted by atomic mass is 16.6. The Labute approximate surface area is 113 Å². The van der Waals surface area contributed by atoms with Crippen LogP contribution >= 0.6 is 0 Å². The van der Waals surface area contributed by atoms with E-state index in [0.29, 0.717) is 5.82 Å². The van der Waals surface area contributed by atoms with E-state index in [2.05, 4.69) is 23.8 Å². The smallest absolute Gasteiger partial charge is 0.353 e. The van der Waals surface area contributed by atoms with Gasteiger partial charge in [0.2, 0.25) is 11.6 Å². The van der Waals surface area contributed by atoms with Crippen LogP contribution in [0.2, 0.25) is 0 Å². The van der Waals surface area contributed by atoms with Crippen molar-refractivity contribution < 1.29 is 4.92 Å². The number of unbranched alkanes of at least 4 members (excludes halogenated alkanes) is 2. The van der Waals surface area contributed by atoms with Crippen LogP contribution in [0.15, 0.2) is 6.33 Å². The van der Waals surface area contributed by atoms with Gasteiger partial charge in [-0.2, -0.15) is 0 Å². The van der Waals surface area contributed by atoms with Crippen molar-refractivity contribution >= 4 is 17.3 Å². The third kappa shape index (κ3) is 4.04. The highest BCUT2D eigenvalue weighted by Gasteiger charge is 2.24. The number of hydrogen-bond donors (Lipinski definition) is 1. The third-order valence-corrected chi connectivity index (χ3v) is 2.88. The lowest BCUT2D eigenvalue weighted by Crippen LogP contribution is -2.27. The van der Waals surface area contributed by atoms with E-state index in [1.165, 1.54) is 6.33 Å². The Morgan fingerprint density at radius 1 is 1.26 bits per heavy atom. The molecule has 0 saturated carbocycles. The molecule has 1 heterocycles. The van der Waals surface area contributed by atoms with Gasteiger partial charge in [0.25, 0.3) is 0 Å². The number of nitrogens with two attached hydrogens (primary N) is 1. The number of aromatic nitrogens is 2. The molecule has 0 saturated heterocycles. The molecule has 7 heteroatoms. The van der Waals surface area contributed by atoms with Gasteiger partial charge < -0.3 is 10.6 Å². The van der Waals surface area contributed by atoms with Crippen LogP contribution in [0.1, 0.15) is 39.5 Å². The summed E-state index contributed by atoms with van der Waals surface area (Å²) in [6.07, 6.45) is 5.26. The Balaban J connectivity index is 3.06. The van der Waals surface area contributed by atoms with Gasteiger partial charge in [-0.1, -0.05) is 26.7 Å². The lowest BCUT2D eigenvalue weighted by Gasteiger charge is -2.23. The molecule has 19 heavy (non-hydrogen) atoms. The Morgan fingerprint density at radius 3 is 2.32 bits per heavy atom. The van der Waals surface area contributed by atoms with E-state index in [4.69, 9.17) is 5.73 Å². The van der Waals surface area contributed by atoms with Crippen molar-refractivity contribution in [2.24, 2.45) is 0 Å². The molecule has 2 N–H and O–H groups in total. The second kappa shape index (κ2) is 7.50. The molecule has 1 aromatic heterocycles. The number of anilines is 2. The first-order valence-electron chi connectivity index (χ1n) is 6.61. The monoisotopic (exact) mass is 267 g/mol. The zero-order valence-electron chi connectivity index (χ0n) is 11.5. The maximum absolute atomic E-state index is 11.1. The standard InChI is InChI=1S/C12H21N5O2/c1-3-5-7-16(8-6-4-2)12-10(17(18)19)11(13)14-9-15-12/h9H,3-8H2,1-2H3,(H2,13,14,15). The first-order valence-corrected chi connectivity index (χ1v) is 6.61. The van der Waals surface area contributed by atoms with Crippen LogP contribution in [0.5, 0.6) is 0 Å². The molecule has 0 unspecified atom stereocenters. The van der Waals surface area contributed by atoms with Gasteiger partial charge in [0.1, 0.15) is 6.33 Å². The summed E-state index contributed by atoms with van der Waals surface area (Å²) in [5, 5.41) is 11.1. The summed E-state index contributed by atoms with van der Waals surface area (Å²) in [6, 6.07) is 0. The predicted octanol–water partition coefficient (Wildman–Crippen LogP) is 2.37. The molecule has 0 amide bonds. The fraction of sp³-hybridized carbons (Fsp3) is 0.667. The molecule has 0 aliphatic rings. The Hall–Kier alpha value is -1.92. The average molecular weight is 267 g/mol. The van der Waals surface area contributed by atoms with Crippen LogP contribution in [-0.2, 0) is 0 Å². The summed E-state index contributed by atoms with van der Waals surface area (Å²) in [5.41, 5.74) is 5.41. The van der Waals surface area contributed by atoms with Gasteiger partial charge in [-0.3, -0.25) is 10.1 Å². The van der Waals surface area contributed by atoms with Gasteiger partial charge in [-0.15, -0.1) is 0 Å². The van der Waals surface area contributed by atoms with Gasteiger partial charge in [-0.25, -0.2) is 9.97 Å². The minimum Gasteiger partial charge on any atom is -0.378 e. The molecule has 0 fully saturated rings. The van der Waals surface area contributed by atoms with Crippen molar-refractivity contribution in [2.75, 3.05) is 23.7 Å². The number of nitrogens with zero attached hydrogens (tertiary/aromatic N) is 4. The Kier molecular flexibility index (Phi) is 5.98. The number of hydrogen-bond acceptors (Lipinski definition) is 6. The maximum atomic E-state index is 11.1. The molecule has 1 aromatic rings. The molecule has 106 valence electrons. The summed E-state index contributed by atoms with van der Waals surface area (Å²) in [5.74, 6) is 0.257. The van der Waals surface area contributed by atoms with Crippen molar-refractivity contribution in [1.82, 2.24) is 9.97 Å². The topological polar surface area (TPSA) is 98.2 Å². The normalized spacial score (nSPS) is 10.4. The lowest BCUT2D eigenvalue weighted by molar-refractivity contribution is -0.383. The van der Waals surface area contributed by atoms with Gasteiger partial charge in [0.05, 0.1) is 4.92 Å². The van der Waals surface area contributed by atoms with Gasteiger partial charge in [-0.05, 0) is 12.8 Å². The van der Waals surface area contributed by atoms with Crippen LogP contribution in [0.3, 0.4) is 0 Å². The van der Waals surface area contributed by atoms with E-state index in [-0.39, 0.29) is 11.5 Å². The summed E-state index contributed by atoms with van der Waals surface area (Å²) >= 11 is 0. The Morgan fingerprint density at radius 2 is 1.84 bits per heavy atom. The molecular weight excluding hydrogens is 246 g/mol. The number of rotatable bonds is 8. The van der Waals surface area contributed by atoms with Crippen LogP contribution in [0.25, 0.3) is 0 Å². The molecule has 0 atom stereocenters. The van der Waals surface area contributed by atoms with Crippen LogP contribution < -0.4 is 10.6 Å². The summed E-state index contributed by atoms with van der Waals surface area (Å²) in [6.45, 7) is 5.66. The summed E-state index contributed by atoms with van der Waals surface area (Å²) in [4.78, 5) is 20.3. The van der Waals surface area contributed by atoms with Crippen LogP contribution in [0.4, 0.5) is 17.3 Å². The maximum Gasteiger partial charge on any atom is 0.353 e. The minimum atomic E-state index is -0.504. The van der Waals surface area contributed by atoms with Gasteiger partial charge in [0.15, 0.2) is 0 Å². The van der Waals surface area contributed by atoms with E-state index in [0.717, 1.165) is 38.8 Å². The molecule has 0 aromatic carbocycles. The molecule has 7 nitrogen and oxygen atoms in total. The molecule has 0 aliphatic carbocycles. The van der Waals surface area contributed by atoms with Crippen molar-refractivity contribution in [3.8, 4) is 0 Å². The largest absolute Gasteiger partial charge is 0.378 e. The molecule has 0 spiro atoms. The van der Waals surface area contributed by atoms with E-state index in [1.54, 1.807) is 0 Å². The van der Waals surface area contributed by atoms with E-state index < -0.39 is 4.92 Å². The van der Waals surface area contributed by atoms with E-state index >= 15 is 0 Å².